The molecule has 1 aliphatic rings. The fraction of sp³-hybridized carbons (Fsp3) is 0.727. The molecule has 0 radical (unpaired) electrons. The van der Waals surface area contributed by atoms with Crippen molar-refractivity contribution in [2.24, 2.45) is 5.92 Å². The summed E-state index contributed by atoms with van der Waals surface area (Å²) in [6.45, 7) is 7.46. The summed E-state index contributed by atoms with van der Waals surface area (Å²) in [5.41, 5.74) is 1.17. The van der Waals surface area contributed by atoms with Crippen molar-refractivity contribution < 1.29 is 14.6 Å². The first kappa shape index (κ1) is 23.3. The van der Waals surface area contributed by atoms with Crippen LogP contribution in [-0.2, 0) is 28.9 Å². The summed E-state index contributed by atoms with van der Waals surface area (Å²) in [4.78, 5) is 24.9. The number of H-pyrrole nitrogens is 1. The van der Waals surface area contributed by atoms with Crippen LogP contribution >= 0.6 is 11.3 Å². The van der Waals surface area contributed by atoms with E-state index in [1.807, 2.05) is 0 Å². The summed E-state index contributed by atoms with van der Waals surface area (Å²) in [7, 11) is 1.68. The molecule has 0 amide bonds. The summed E-state index contributed by atoms with van der Waals surface area (Å²) in [6, 6.07) is 0. The zero-order chi connectivity index (χ0) is 21.5. The van der Waals surface area contributed by atoms with Crippen LogP contribution in [0.3, 0.4) is 0 Å². The Labute approximate surface area is 182 Å². The number of nitrogens with one attached hydrogen (secondary N) is 1. The number of rotatable bonds is 12. The van der Waals surface area contributed by atoms with Gasteiger partial charge in [0.2, 0.25) is 0 Å². The van der Waals surface area contributed by atoms with Crippen LogP contribution < -0.4 is 5.56 Å². The van der Waals surface area contributed by atoms with E-state index >= 15 is 0 Å². The number of hydrogen-bond acceptors (Lipinski definition) is 7. The van der Waals surface area contributed by atoms with E-state index in [0.717, 1.165) is 42.4 Å². The van der Waals surface area contributed by atoms with Gasteiger partial charge in [0.15, 0.2) is 0 Å². The van der Waals surface area contributed by atoms with Gasteiger partial charge in [-0.1, -0.05) is 13.8 Å². The predicted molar refractivity (Wildman–Crippen MR) is 120 cm³/mol. The molecule has 8 heteroatoms. The number of aromatic amines is 1. The topological polar surface area (TPSA) is 87.7 Å². The maximum absolute atomic E-state index is 12.8. The Hall–Kier alpha value is -1.32. The standard InChI is InChI=1S/C22H35N3O4S/c1-15(2)13-29-14-16(26)11-25(9-6-10-28-3)12-19-23-21(27)20-17-7-4-5-8-18(17)30-22(20)24-19/h15-16,26H,4-14H2,1-3H3,(H,23,24,27)/t16-/m0/s1. The van der Waals surface area contributed by atoms with Crippen LogP contribution in [-0.4, -0.2) is 66.1 Å². The van der Waals surface area contributed by atoms with Crippen molar-refractivity contribution in [1.29, 1.82) is 0 Å². The third-order valence-electron chi connectivity index (χ3n) is 5.30. The number of aliphatic hydroxyl groups excluding tert-OH is 1. The molecular formula is C22H35N3O4S. The Morgan fingerprint density at radius 3 is 2.83 bits per heavy atom. The number of methoxy groups -OCH3 is 1. The average Bonchev–Trinajstić information content (AvgIpc) is 3.06. The molecule has 0 bridgehead atoms. The highest BCUT2D eigenvalue weighted by atomic mass is 32.1. The molecular weight excluding hydrogens is 402 g/mol. The molecule has 0 unspecified atom stereocenters. The second kappa shape index (κ2) is 11.3. The molecule has 2 N–H and O–H groups in total. The van der Waals surface area contributed by atoms with E-state index in [2.05, 4.69) is 23.7 Å². The number of ether oxygens (including phenoxy) is 2. The first-order chi connectivity index (χ1) is 14.5. The van der Waals surface area contributed by atoms with Crippen LogP contribution in [0, 0.1) is 5.92 Å². The lowest BCUT2D eigenvalue weighted by Gasteiger charge is -2.24. The maximum atomic E-state index is 12.8. The average molecular weight is 438 g/mol. The molecule has 2 aromatic rings. The Kier molecular flexibility index (Phi) is 8.83. The van der Waals surface area contributed by atoms with E-state index < -0.39 is 6.10 Å². The monoisotopic (exact) mass is 437 g/mol. The smallest absolute Gasteiger partial charge is 0.259 e. The van der Waals surface area contributed by atoms with Crippen LogP contribution in [0.2, 0.25) is 0 Å². The minimum absolute atomic E-state index is 0.0351. The molecule has 7 nitrogen and oxygen atoms in total. The molecule has 2 heterocycles. The molecule has 0 spiro atoms. The van der Waals surface area contributed by atoms with Crippen molar-refractivity contribution in [3.63, 3.8) is 0 Å². The van der Waals surface area contributed by atoms with Crippen LogP contribution in [0.5, 0.6) is 0 Å². The van der Waals surface area contributed by atoms with Gasteiger partial charge in [0, 0.05) is 38.3 Å². The van der Waals surface area contributed by atoms with Crippen molar-refractivity contribution in [3.8, 4) is 0 Å². The van der Waals surface area contributed by atoms with Crippen LogP contribution in [0.25, 0.3) is 10.2 Å². The molecule has 1 atom stereocenters. The zero-order valence-corrected chi connectivity index (χ0v) is 19.2. The van der Waals surface area contributed by atoms with Gasteiger partial charge in [0.25, 0.3) is 5.56 Å². The van der Waals surface area contributed by atoms with E-state index in [1.54, 1.807) is 18.4 Å². The number of aromatic nitrogens is 2. The van der Waals surface area contributed by atoms with Gasteiger partial charge >= 0.3 is 0 Å². The molecule has 0 aromatic carbocycles. The summed E-state index contributed by atoms with van der Waals surface area (Å²) >= 11 is 1.67. The molecule has 0 saturated carbocycles. The minimum Gasteiger partial charge on any atom is -0.389 e. The van der Waals surface area contributed by atoms with E-state index in [1.165, 1.54) is 16.9 Å². The third-order valence-corrected chi connectivity index (χ3v) is 6.49. The van der Waals surface area contributed by atoms with Crippen LogP contribution in [0.15, 0.2) is 4.79 Å². The normalized spacial score (nSPS) is 15.3. The zero-order valence-electron chi connectivity index (χ0n) is 18.4. The lowest BCUT2D eigenvalue weighted by Crippen LogP contribution is -2.36. The van der Waals surface area contributed by atoms with Crippen molar-refractivity contribution in [1.82, 2.24) is 14.9 Å². The quantitative estimate of drug-likeness (QED) is 0.497. The predicted octanol–water partition coefficient (Wildman–Crippen LogP) is 2.74. The third kappa shape index (κ3) is 6.34. The molecule has 2 aromatic heterocycles. The molecule has 30 heavy (non-hydrogen) atoms. The SMILES string of the molecule is COCCCN(Cc1nc2sc3c(c2c(=O)[nH]1)CCCC3)C[C@H](O)COCC(C)C. The molecule has 1 aliphatic carbocycles. The van der Waals surface area contributed by atoms with Gasteiger partial charge in [0.05, 0.1) is 24.6 Å². The highest BCUT2D eigenvalue weighted by molar-refractivity contribution is 7.18. The van der Waals surface area contributed by atoms with Gasteiger partial charge in [0.1, 0.15) is 10.7 Å². The fourth-order valence-electron chi connectivity index (χ4n) is 3.95. The highest BCUT2D eigenvalue weighted by Gasteiger charge is 2.21. The van der Waals surface area contributed by atoms with Gasteiger partial charge in [-0.15, -0.1) is 11.3 Å². The van der Waals surface area contributed by atoms with E-state index in [-0.39, 0.29) is 5.56 Å². The lowest BCUT2D eigenvalue weighted by molar-refractivity contribution is 0.00544. The largest absolute Gasteiger partial charge is 0.389 e. The lowest BCUT2D eigenvalue weighted by atomic mass is 9.97. The summed E-state index contributed by atoms with van der Waals surface area (Å²) < 4.78 is 10.8. The number of aryl methyl sites for hydroxylation is 2. The van der Waals surface area contributed by atoms with Gasteiger partial charge in [-0.05, 0) is 43.6 Å². The summed E-state index contributed by atoms with van der Waals surface area (Å²) in [6.07, 6.45) is 4.62. The Balaban J connectivity index is 1.71. The first-order valence-electron chi connectivity index (χ1n) is 11.0. The second-order valence-corrected chi connectivity index (χ2v) is 9.65. The molecule has 0 aliphatic heterocycles. The van der Waals surface area contributed by atoms with Crippen molar-refractivity contribution >= 4 is 21.6 Å². The van der Waals surface area contributed by atoms with Gasteiger partial charge in [-0.3, -0.25) is 9.69 Å². The molecule has 168 valence electrons. The van der Waals surface area contributed by atoms with E-state index in [4.69, 9.17) is 14.5 Å². The second-order valence-electron chi connectivity index (χ2n) is 8.57. The van der Waals surface area contributed by atoms with Gasteiger partial charge < -0.3 is 19.6 Å². The van der Waals surface area contributed by atoms with Crippen molar-refractivity contribution in [3.05, 3.63) is 26.6 Å². The Morgan fingerprint density at radius 2 is 2.07 bits per heavy atom. The highest BCUT2D eigenvalue weighted by Crippen LogP contribution is 2.33. The number of thiophene rings is 1. The molecule has 0 fully saturated rings. The van der Waals surface area contributed by atoms with Crippen LogP contribution in [0.4, 0.5) is 0 Å². The summed E-state index contributed by atoms with van der Waals surface area (Å²) in [5.74, 6) is 1.09. The van der Waals surface area contributed by atoms with E-state index in [9.17, 15) is 9.90 Å². The molecule has 0 saturated heterocycles. The first-order valence-corrected chi connectivity index (χ1v) is 11.8. The number of fused-ring (bicyclic) bond motifs is 3. The Morgan fingerprint density at radius 1 is 1.27 bits per heavy atom. The van der Waals surface area contributed by atoms with Gasteiger partial charge in [-0.25, -0.2) is 4.98 Å². The fourth-order valence-corrected chi connectivity index (χ4v) is 5.23. The number of nitrogens with zero attached hydrogens (tertiary/aromatic N) is 2. The maximum Gasteiger partial charge on any atom is 0.259 e. The summed E-state index contributed by atoms with van der Waals surface area (Å²) in [5, 5.41) is 11.2. The van der Waals surface area contributed by atoms with Gasteiger partial charge in [-0.2, -0.15) is 0 Å². The molecule has 3 rings (SSSR count). The van der Waals surface area contributed by atoms with Crippen LogP contribution in [0.1, 0.15) is 49.4 Å². The van der Waals surface area contributed by atoms with E-state index in [0.29, 0.717) is 44.7 Å². The number of aliphatic hydroxyl groups is 1. The number of hydrogen-bond donors (Lipinski definition) is 2. The van der Waals surface area contributed by atoms with Crippen molar-refractivity contribution in [2.75, 3.05) is 40.0 Å². The minimum atomic E-state index is -0.587. The Bertz CT molecular complexity index is 864. The van der Waals surface area contributed by atoms with Crippen molar-refractivity contribution in [2.45, 2.75) is 58.6 Å².